The Bertz CT molecular complexity index is 1220. The number of urea groups is 1. The zero-order valence-electron chi connectivity index (χ0n) is 20.0. The Balaban J connectivity index is 1.43. The van der Waals surface area contributed by atoms with Gasteiger partial charge >= 0.3 is 6.03 Å². The van der Waals surface area contributed by atoms with Crippen LogP contribution in [0.5, 0.6) is 0 Å². The molecule has 0 bridgehead atoms. The van der Waals surface area contributed by atoms with E-state index in [1.165, 1.54) is 0 Å². The molecule has 0 radical (unpaired) electrons. The van der Waals surface area contributed by atoms with Gasteiger partial charge in [-0.3, -0.25) is 4.79 Å². The summed E-state index contributed by atoms with van der Waals surface area (Å²) in [6.07, 6.45) is 3.35. The van der Waals surface area contributed by atoms with Gasteiger partial charge in [0, 0.05) is 49.3 Å². The van der Waals surface area contributed by atoms with E-state index in [4.69, 9.17) is 0 Å². The van der Waals surface area contributed by atoms with Gasteiger partial charge in [-0.05, 0) is 44.2 Å². The minimum Gasteiger partial charge on any atom is -0.349 e. The Morgan fingerprint density at radius 2 is 1.89 bits per heavy atom. The van der Waals surface area contributed by atoms with Crippen LogP contribution in [-0.2, 0) is 4.79 Å². The molecule has 3 amide bonds. The lowest BCUT2D eigenvalue weighted by atomic mass is 10.1. The highest BCUT2D eigenvalue weighted by molar-refractivity contribution is 5.89. The van der Waals surface area contributed by atoms with E-state index in [0.29, 0.717) is 31.3 Å². The fourth-order valence-corrected chi connectivity index (χ4v) is 4.05. The Kier molecular flexibility index (Phi) is 6.95. The average Bonchev–Trinajstić information content (AvgIpc) is 3.28. The molecule has 1 saturated heterocycles. The SMILES string of the molecule is C=C1CN(c2cc(-n3cnc(Nc4ccc(NC(=O)NCC)cc4)n3)ccn2)C[C@H](C)N1C(C)=O. The number of amides is 3. The predicted octanol–water partition coefficient (Wildman–Crippen LogP) is 3.12. The van der Waals surface area contributed by atoms with Crippen molar-refractivity contribution < 1.29 is 9.59 Å². The number of carbonyl (C=O) groups excluding carboxylic acids is 2. The van der Waals surface area contributed by atoms with Crippen LogP contribution in [0.25, 0.3) is 5.69 Å². The highest BCUT2D eigenvalue weighted by Crippen LogP contribution is 2.24. The normalized spacial score (nSPS) is 15.6. The van der Waals surface area contributed by atoms with Gasteiger partial charge in [-0.15, -0.1) is 5.10 Å². The Hall–Kier alpha value is -4.41. The van der Waals surface area contributed by atoms with Gasteiger partial charge in [-0.2, -0.15) is 4.98 Å². The van der Waals surface area contributed by atoms with Crippen LogP contribution in [0, 0.1) is 0 Å². The summed E-state index contributed by atoms with van der Waals surface area (Å²) < 4.78 is 1.67. The molecule has 0 unspecified atom stereocenters. The molecular formula is C24H29N9O2. The topological polar surface area (TPSA) is 120 Å². The summed E-state index contributed by atoms with van der Waals surface area (Å²) in [7, 11) is 0. The largest absolute Gasteiger partial charge is 0.349 e. The Morgan fingerprint density at radius 3 is 2.57 bits per heavy atom. The second kappa shape index (κ2) is 10.2. The van der Waals surface area contributed by atoms with Crippen LogP contribution in [0.3, 0.4) is 0 Å². The summed E-state index contributed by atoms with van der Waals surface area (Å²) in [6.45, 7) is 11.2. The number of rotatable bonds is 6. The third kappa shape index (κ3) is 5.57. The molecule has 2 aromatic heterocycles. The summed E-state index contributed by atoms with van der Waals surface area (Å²) in [4.78, 5) is 36.2. The molecule has 1 aromatic carbocycles. The number of hydrogen-bond acceptors (Lipinski definition) is 7. The minimum atomic E-state index is -0.246. The van der Waals surface area contributed by atoms with E-state index in [1.807, 2.05) is 38.1 Å². The highest BCUT2D eigenvalue weighted by atomic mass is 16.2. The summed E-state index contributed by atoms with van der Waals surface area (Å²) >= 11 is 0. The molecule has 11 nitrogen and oxygen atoms in total. The highest BCUT2D eigenvalue weighted by Gasteiger charge is 2.29. The van der Waals surface area contributed by atoms with Crippen LogP contribution in [0.4, 0.5) is 27.9 Å². The summed E-state index contributed by atoms with van der Waals surface area (Å²) in [5, 5.41) is 13.1. The third-order valence-corrected chi connectivity index (χ3v) is 5.52. The van der Waals surface area contributed by atoms with Crippen molar-refractivity contribution in [2.24, 2.45) is 0 Å². The Morgan fingerprint density at radius 1 is 1.14 bits per heavy atom. The first-order valence-corrected chi connectivity index (χ1v) is 11.4. The molecule has 3 aromatic rings. The molecule has 1 aliphatic heterocycles. The molecule has 3 heterocycles. The second-order valence-corrected chi connectivity index (χ2v) is 8.26. The van der Waals surface area contributed by atoms with Crippen molar-refractivity contribution in [3.8, 4) is 5.69 Å². The van der Waals surface area contributed by atoms with E-state index in [1.54, 1.807) is 41.2 Å². The molecule has 0 spiro atoms. The predicted molar refractivity (Wildman–Crippen MR) is 135 cm³/mol. The van der Waals surface area contributed by atoms with Crippen LogP contribution in [-0.4, -0.2) is 62.3 Å². The summed E-state index contributed by atoms with van der Waals surface area (Å²) in [6, 6.07) is 10.8. The zero-order valence-corrected chi connectivity index (χ0v) is 20.0. The summed E-state index contributed by atoms with van der Waals surface area (Å²) in [5.41, 5.74) is 3.04. The van der Waals surface area contributed by atoms with Crippen molar-refractivity contribution >= 4 is 35.1 Å². The van der Waals surface area contributed by atoms with E-state index in [0.717, 1.165) is 22.9 Å². The number of nitrogens with one attached hydrogen (secondary N) is 3. The van der Waals surface area contributed by atoms with Gasteiger partial charge in [-0.1, -0.05) is 6.58 Å². The lowest BCUT2D eigenvalue weighted by Gasteiger charge is -2.41. The van der Waals surface area contributed by atoms with Gasteiger partial charge in [-0.25, -0.2) is 14.5 Å². The summed E-state index contributed by atoms with van der Waals surface area (Å²) in [5.74, 6) is 1.21. The van der Waals surface area contributed by atoms with E-state index in [2.05, 4.69) is 42.5 Å². The van der Waals surface area contributed by atoms with Crippen LogP contribution in [0.15, 0.2) is 61.2 Å². The first-order chi connectivity index (χ1) is 16.8. The lowest BCUT2D eigenvalue weighted by molar-refractivity contribution is -0.128. The van der Waals surface area contributed by atoms with E-state index >= 15 is 0 Å². The molecule has 1 aliphatic rings. The van der Waals surface area contributed by atoms with Gasteiger partial charge in [0.2, 0.25) is 11.9 Å². The monoisotopic (exact) mass is 475 g/mol. The van der Waals surface area contributed by atoms with Gasteiger partial charge < -0.3 is 25.8 Å². The number of benzene rings is 1. The maximum absolute atomic E-state index is 11.9. The van der Waals surface area contributed by atoms with Crippen molar-refractivity contribution in [3.05, 3.63) is 61.2 Å². The second-order valence-electron chi connectivity index (χ2n) is 8.26. The van der Waals surface area contributed by atoms with Crippen molar-refractivity contribution in [2.75, 3.05) is 35.2 Å². The fourth-order valence-electron chi connectivity index (χ4n) is 4.05. The maximum atomic E-state index is 11.9. The average molecular weight is 476 g/mol. The zero-order chi connectivity index (χ0) is 24.9. The standard InChI is InChI=1S/C24H29N9O2/c1-5-25-24(35)29-20-8-6-19(7-9-20)28-23-27-15-32(30-23)21-10-11-26-22(12-21)31-13-16(2)33(18(4)34)17(3)14-31/h6-12,15,17H,2,5,13-14H2,1,3-4H3,(H,28,30)(H2,25,29,35)/t17-/m0/s1. The molecule has 0 saturated carbocycles. The Labute approximate surface area is 203 Å². The van der Waals surface area contributed by atoms with E-state index < -0.39 is 0 Å². The molecule has 1 atom stereocenters. The van der Waals surface area contributed by atoms with E-state index in [9.17, 15) is 9.59 Å². The molecule has 35 heavy (non-hydrogen) atoms. The van der Waals surface area contributed by atoms with Gasteiger partial charge in [0.1, 0.15) is 12.1 Å². The third-order valence-electron chi connectivity index (χ3n) is 5.52. The smallest absolute Gasteiger partial charge is 0.319 e. The van der Waals surface area contributed by atoms with Crippen LogP contribution in [0.2, 0.25) is 0 Å². The molecule has 182 valence electrons. The molecule has 3 N–H and O–H groups in total. The first kappa shape index (κ1) is 23.7. The van der Waals surface area contributed by atoms with Crippen LogP contribution < -0.4 is 20.9 Å². The molecule has 11 heteroatoms. The molecule has 4 rings (SSSR count). The van der Waals surface area contributed by atoms with Crippen molar-refractivity contribution in [1.29, 1.82) is 0 Å². The molecule has 0 aliphatic carbocycles. The number of piperazine rings is 1. The van der Waals surface area contributed by atoms with Crippen LogP contribution in [0.1, 0.15) is 20.8 Å². The van der Waals surface area contributed by atoms with Crippen molar-refractivity contribution in [3.63, 3.8) is 0 Å². The molecular weight excluding hydrogens is 446 g/mol. The van der Waals surface area contributed by atoms with E-state index in [-0.39, 0.29) is 18.0 Å². The number of anilines is 4. The lowest BCUT2D eigenvalue weighted by Crippen LogP contribution is -2.52. The van der Waals surface area contributed by atoms with Gasteiger partial charge in [0.15, 0.2) is 0 Å². The van der Waals surface area contributed by atoms with Gasteiger partial charge in [0.25, 0.3) is 0 Å². The first-order valence-electron chi connectivity index (χ1n) is 11.4. The van der Waals surface area contributed by atoms with Crippen LogP contribution >= 0.6 is 0 Å². The van der Waals surface area contributed by atoms with Crippen molar-refractivity contribution in [2.45, 2.75) is 26.8 Å². The van der Waals surface area contributed by atoms with Gasteiger partial charge in [0.05, 0.1) is 18.3 Å². The number of pyridine rings is 1. The number of carbonyl (C=O) groups is 2. The quantitative estimate of drug-likeness (QED) is 0.501. The number of nitrogens with zero attached hydrogens (tertiary/aromatic N) is 6. The molecule has 1 fully saturated rings. The fraction of sp³-hybridized carbons (Fsp3) is 0.292. The number of hydrogen-bond donors (Lipinski definition) is 3. The van der Waals surface area contributed by atoms with Crippen molar-refractivity contribution in [1.82, 2.24) is 30.0 Å². The number of aromatic nitrogens is 4. The minimum absolute atomic E-state index is 0.000558. The maximum Gasteiger partial charge on any atom is 0.319 e.